The maximum Gasteiger partial charge on any atom is 0.127 e. The second kappa shape index (κ2) is 6.37. The predicted molar refractivity (Wildman–Crippen MR) is 82.2 cm³/mol. The number of nitrogens with one attached hydrogen (secondary N) is 1. The largest absolute Gasteiger partial charge is 0.508 e. The van der Waals surface area contributed by atoms with Crippen molar-refractivity contribution < 1.29 is 9.50 Å². The average Bonchev–Trinajstić information content (AvgIpc) is 2.42. The second-order valence-corrected chi connectivity index (χ2v) is 5.82. The SMILES string of the molecule is Cc1ccc(O)c(C(C)NCc2cc(Br)ccc2F)c1. The summed E-state index contributed by atoms with van der Waals surface area (Å²) in [6.07, 6.45) is 0. The molecule has 4 heteroatoms. The van der Waals surface area contributed by atoms with Crippen LogP contribution < -0.4 is 5.32 Å². The van der Waals surface area contributed by atoms with Gasteiger partial charge in [-0.1, -0.05) is 33.6 Å². The first-order valence-corrected chi connectivity index (χ1v) is 7.23. The monoisotopic (exact) mass is 337 g/mol. The highest BCUT2D eigenvalue weighted by molar-refractivity contribution is 9.10. The van der Waals surface area contributed by atoms with Crippen molar-refractivity contribution in [3.8, 4) is 5.75 Å². The van der Waals surface area contributed by atoms with Gasteiger partial charge in [0.1, 0.15) is 11.6 Å². The van der Waals surface area contributed by atoms with Gasteiger partial charge in [-0.15, -0.1) is 0 Å². The number of benzene rings is 2. The zero-order valence-corrected chi connectivity index (χ0v) is 13.0. The zero-order valence-electron chi connectivity index (χ0n) is 11.5. The second-order valence-electron chi connectivity index (χ2n) is 4.90. The van der Waals surface area contributed by atoms with Crippen LogP contribution in [-0.4, -0.2) is 5.11 Å². The fourth-order valence-electron chi connectivity index (χ4n) is 2.07. The zero-order chi connectivity index (χ0) is 14.7. The third kappa shape index (κ3) is 3.58. The molecule has 2 nitrogen and oxygen atoms in total. The van der Waals surface area contributed by atoms with Gasteiger partial charge in [-0.3, -0.25) is 0 Å². The molecule has 0 heterocycles. The lowest BCUT2D eigenvalue weighted by molar-refractivity contribution is 0.451. The molecule has 2 aromatic carbocycles. The summed E-state index contributed by atoms with van der Waals surface area (Å²) in [6, 6.07) is 10.3. The number of halogens is 2. The third-order valence-electron chi connectivity index (χ3n) is 3.26. The van der Waals surface area contributed by atoms with Crippen LogP contribution >= 0.6 is 15.9 Å². The Bertz CT molecular complexity index is 615. The topological polar surface area (TPSA) is 32.3 Å². The van der Waals surface area contributed by atoms with Crippen LogP contribution in [0.5, 0.6) is 5.75 Å². The van der Waals surface area contributed by atoms with Crippen LogP contribution in [0.25, 0.3) is 0 Å². The molecule has 2 rings (SSSR count). The minimum Gasteiger partial charge on any atom is -0.508 e. The normalized spacial score (nSPS) is 12.4. The molecule has 0 aliphatic carbocycles. The molecule has 2 N–H and O–H groups in total. The Kier molecular flexibility index (Phi) is 4.78. The number of hydrogen-bond acceptors (Lipinski definition) is 2. The van der Waals surface area contributed by atoms with Crippen molar-refractivity contribution >= 4 is 15.9 Å². The van der Waals surface area contributed by atoms with Gasteiger partial charge in [0.15, 0.2) is 0 Å². The summed E-state index contributed by atoms with van der Waals surface area (Å²) in [5, 5.41) is 13.1. The summed E-state index contributed by atoms with van der Waals surface area (Å²) in [7, 11) is 0. The third-order valence-corrected chi connectivity index (χ3v) is 3.75. The lowest BCUT2D eigenvalue weighted by atomic mass is 10.0. The predicted octanol–water partition coefficient (Wildman–Crippen LogP) is 4.45. The highest BCUT2D eigenvalue weighted by Crippen LogP contribution is 2.25. The van der Waals surface area contributed by atoms with Crippen molar-refractivity contribution in [3.63, 3.8) is 0 Å². The quantitative estimate of drug-likeness (QED) is 0.863. The van der Waals surface area contributed by atoms with E-state index in [4.69, 9.17) is 0 Å². The molecule has 0 spiro atoms. The van der Waals surface area contributed by atoms with E-state index < -0.39 is 0 Å². The van der Waals surface area contributed by atoms with Crippen molar-refractivity contribution in [1.82, 2.24) is 5.32 Å². The first kappa shape index (κ1) is 15.0. The summed E-state index contributed by atoms with van der Waals surface area (Å²) < 4.78 is 14.5. The molecule has 1 atom stereocenters. The van der Waals surface area contributed by atoms with Gasteiger partial charge in [-0.05, 0) is 38.1 Å². The molecule has 106 valence electrons. The van der Waals surface area contributed by atoms with Crippen LogP contribution in [0.1, 0.15) is 29.7 Å². The molecule has 20 heavy (non-hydrogen) atoms. The van der Waals surface area contributed by atoms with Gasteiger partial charge in [0.2, 0.25) is 0 Å². The van der Waals surface area contributed by atoms with Gasteiger partial charge in [0.25, 0.3) is 0 Å². The maximum absolute atomic E-state index is 13.7. The van der Waals surface area contributed by atoms with Crippen LogP contribution in [0.15, 0.2) is 40.9 Å². The Labute approximate surface area is 126 Å². The van der Waals surface area contributed by atoms with Gasteiger partial charge in [0, 0.05) is 28.2 Å². The van der Waals surface area contributed by atoms with E-state index in [-0.39, 0.29) is 17.6 Å². The lowest BCUT2D eigenvalue weighted by Crippen LogP contribution is -2.19. The molecule has 0 saturated carbocycles. The van der Waals surface area contributed by atoms with E-state index in [1.165, 1.54) is 6.07 Å². The van der Waals surface area contributed by atoms with E-state index in [0.717, 1.165) is 15.6 Å². The van der Waals surface area contributed by atoms with Gasteiger partial charge in [0.05, 0.1) is 0 Å². The van der Waals surface area contributed by atoms with Crippen LogP contribution in [0.3, 0.4) is 0 Å². The summed E-state index contributed by atoms with van der Waals surface area (Å²) >= 11 is 3.33. The summed E-state index contributed by atoms with van der Waals surface area (Å²) in [5.41, 5.74) is 2.50. The van der Waals surface area contributed by atoms with E-state index in [1.807, 2.05) is 26.0 Å². The number of phenols is 1. The van der Waals surface area contributed by atoms with Crippen molar-refractivity contribution in [2.24, 2.45) is 0 Å². The first-order chi connectivity index (χ1) is 9.47. The number of aryl methyl sites for hydroxylation is 1. The first-order valence-electron chi connectivity index (χ1n) is 6.44. The number of rotatable bonds is 4. The van der Waals surface area contributed by atoms with Crippen molar-refractivity contribution in [2.45, 2.75) is 26.4 Å². The van der Waals surface area contributed by atoms with Crippen LogP contribution in [0.2, 0.25) is 0 Å². The fraction of sp³-hybridized carbons (Fsp3) is 0.250. The minimum atomic E-state index is -0.235. The average molecular weight is 338 g/mol. The number of hydrogen-bond donors (Lipinski definition) is 2. The summed E-state index contributed by atoms with van der Waals surface area (Å²) in [5.74, 6) is 0.0201. The van der Waals surface area contributed by atoms with Gasteiger partial charge in [-0.2, -0.15) is 0 Å². The van der Waals surface area contributed by atoms with E-state index >= 15 is 0 Å². The van der Waals surface area contributed by atoms with E-state index in [1.54, 1.807) is 18.2 Å². The molecule has 0 saturated heterocycles. The van der Waals surface area contributed by atoms with Gasteiger partial charge < -0.3 is 10.4 Å². The van der Waals surface area contributed by atoms with Crippen molar-refractivity contribution in [1.29, 1.82) is 0 Å². The Hall–Kier alpha value is -1.39. The molecule has 0 bridgehead atoms. The molecule has 0 fully saturated rings. The van der Waals surface area contributed by atoms with Gasteiger partial charge in [-0.25, -0.2) is 4.39 Å². The van der Waals surface area contributed by atoms with Crippen LogP contribution in [0, 0.1) is 12.7 Å². The number of phenolic OH excluding ortho intramolecular Hbond substituents is 1. The molecule has 0 aliphatic heterocycles. The molecular formula is C16H17BrFNO. The van der Waals surface area contributed by atoms with E-state index in [0.29, 0.717) is 12.1 Å². The molecule has 0 radical (unpaired) electrons. The van der Waals surface area contributed by atoms with Crippen LogP contribution in [-0.2, 0) is 6.54 Å². The molecular weight excluding hydrogens is 321 g/mol. The molecule has 0 aliphatic rings. The van der Waals surface area contributed by atoms with Gasteiger partial charge >= 0.3 is 0 Å². The Balaban J connectivity index is 2.10. The number of aromatic hydroxyl groups is 1. The Morgan fingerprint density at radius 2 is 2.00 bits per heavy atom. The fourth-order valence-corrected chi connectivity index (χ4v) is 2.48. The molecule has 0 amide bonds. The summed E-state index contributed by atoms with van der Waals surface area (Å²) in [4.78, 5) is 0. The maximum atomic E-state index is 13.7. The molecule has 2 aromatic rings. The van der Waals surface area contributed by atoms with Crippen molar-refractivity contribution in [2.75, 3.05) is 0 Å². The Morgan fingerprint density at radius 3 is 2.75 bits per heavy atom. The summed E-state index contributed by atoms with van der Waals surface area (Å²) in [6.45, 7) is 4.33. The van der Waals surface area contributed by atoms with E-state index in [9.17, 15) is 9.50 Å². The lowest BCUT2D eigenvalue weighted by Gasteiger charge is -2.16. The van der Waals surface area contributed by atoms with Crippen LogP contribution in [0.4, 0.5) is 4.39 Å². The standard InChI is InChI=1S/C16H17BrFNO/c1-10-3-6-16(20)14(7-10)11(2)19-9-12-8-13(17)4-5-15(12)18/h3-8,11,19-20H,9H2,1-2H3. The Morgan fingerprint density at radius 1 is 1.25 bits per heavy atom. The molecule has 1 unspecified atom stereocenters. The highest BCUT2D eigenvalue weighted by atomic mass is 79.9. The minimum absolute atomic E-state index is 0.0618. The van der Waals surface area contributed by atoms with Crippen molar-refractivity contribution in [3.05, 3.63) is 63.4 Å². The highest BCUT2D eigenvalue weighted by Gasteiger charge is 2.11. The molecule has 0 aromatic heterocycles. The smallest absolute Gasteiger partial charge is 0.127 e. The van der Waals surface area contributed by atoms with E-state index in [2.05, 4.69) is 21.2 Å².